The first kappa shape index (κ1) is 14.6. The van der Waals surface area contributed by atoms with E-state index in [0.29, 0.717) is 6.61 Å². The van der Waals surface area contributed by atoms with Crippen LogP contribution in [0.5, 0.6) is 5.75 Å². The highest BCUT2D eigenvalue weighted by molar-refractivity contribution is 5.85. The molecule has 20 heavy (non-hydrogen) atoms. The summed E-state index contributed by atoms with van der Waals surface area (Å²) in [6, 6.07) is 7.46. The Labute approximate surface area is 119 Å². The smallest absolute Gasteiger partial charge is 0.328 e. The van der Waals surface area contributed by atoms with E-state index in [-0.39, 0.29) is 0 Å². The molecule has 1 fully saturated rings. The van der Waals surface area contributed by atoms with Crippen molar-refractivity contribution in [3.8, 4) is 5.75 Å². The average molecular weight is 275 g/mol. The number of piperidine rings is 1. The summed E-state index contributed by atoms with van der Waals surface area (Å²) in [5, 5.41) is 8.55. The number of hydrogen-bond acceptors (Lipinski definition) is 3. The van der Waals surface area contributed by atoms with Gasteiger partial charge in [0.1, 0.15) is 12.4 Å². The van der Waals surface area contributed by atoms with Gasteiger partial charge in [0.15, 0.2) is 0 Å². The maximum atomic E-state index is 10.4. The minimum Gasteiger partial charge on any atom is -0.492 e. The Morgan fingerprint density at radius 3 is 2.55 bits per heavy atom. The minimum atomic E-state index is -0.938. The molecule has 2 rings (SSSR count). The largest absolute Gasteiger partial charge is 0.492 e. The normalized spacial score (nSPS) is 16.4. The summed E-state index contributed by atoms with van der Waals surface area (Å²) in [7, 11) is 0. The maximum Gasteiger partial charge on any atom is 0.328 e. The van der Waals surface area contributed by atoms with Gasteiger partial charge < -0.3 is 9.84 Å². The molecule has 0 aromatic heterocycles. The molecule has 1 aromatic rings. The van der Waals surface area contributed by atoms with Gasteiger partial charge in [0.05, 0.1) is 0 Å². The monoisotopic (exact) mass is 275 g/mol. The van der Waals surface area contributed by atoms with Gasteiger partial charge in [-0.3, -0.25) is 4.90 Å². The minimum absolute atomic E-state index is 0.699. The molecule has 0 spiro atoms. The number of ether oxygens (including phenoxy) is 1. The van der Waals surface area contributed by atoms with E-state index in [1.165, 1.54) is 32.4 Å². The quantitative estimate of drug-likeness (QED) is 0.811. The van der Waals surface area contributed by atoms with Crippen LogP contribution in [0.1, 0.15) is 24.8 Å². The molecule has 0 atom stereocenters. The van der Waals surface area contributed by atoms with Crippen molar-refractivity contribution in [2.45, 2.75) is 19.3 Å². The first-order chi connectivity index (χ1) is 9.74. The van der Waals surface area contributed by atoms with Crippen LogP contribution in [-0.2, 0) is 4.79 Å². The average Bonchev–Trinajstić information content (AvgIpc) is 2.47. The van der Waals surface area contributed by atoms with E-state index in [9.17, 15) is 4.79 Å². The number of aliphatic carboxylic acids is 1. The van der Waals surface area contributed by atoms with Gasteiger partial charge in [-0.1, -0.05) is 18.6 Å². The van der Waals surface area contributed by atoms with Crippen molar-refractivity contribution in [3.63, 3.8) is 0 Å². The fourth-order valence-electron chi connectivity index (χ4n) is 2.32. The number of carboxylic acids is 1. The molecule has 0 bridgehead atoms. The molecule has 0 aliphatic carbocycles. The number of hydrogen-bond donors (Lipinski definition) is 1. The summed E-state index contributed by atoms with van der Waals surface area (Å²) < 4.78 is 5.71. The number of nitrogens with zero attached hydrogens (tertiary/aromatic N) is 1. The molecule has 4 nitrogen and oxygen atoms in total. The molecule has 1 aliphatic heterocycles. The van der Waals surface area contributed by atoms with Crippen LogP contribution in [0, 0.1) is 0 Å². The molecule has 108 valence electrons. The summed E-state index contributed by atoms with van der Waals surface area (Å²) in [5.74, 6) is -0.110. The second-order valence-corrected chi connectivity index (χ2v) is 4.99. The van der Waals surface area contributed by atoms with Gasteiger partial charge in [0.2, 0.25) is 0 Å². The lowest BCUT2D eigenvalue weighted by Gasteiger charge is -2.26. The molecule has 0 saturated carbocycles. The van der Waals surface area contributed by atoms with Gasteiger partial charge in [-0.05, 0) is 49.7 Å². The van der Waals surface area contributed by atoms with Crippen molar-refractivity contribution in [1.29, 1.82) is 0 Å². The number of rotatable bonds is 6. The Morgan fingerprint density at radius 1 is 1.20 bits per heavy atom. The first-order valence-electron chi connectivity index (χ1n) is 7.10. The summed E-state index contributed by atoms with van der Waals surface area (Å²) in [6.45, 7) is 4.04. The van der Waals surface area contributed by atoms with Gasteiger partial charge in [-0.25, -0.2) is 4.79 Å². The van der Waals surface area contributed by atoms with E-state index < -0.39 is 5.97 Å². The van der Waals surface area contributed by atoms with E-state index in [1.54, 1.807) is 6.08 Å². The van der Waals surface area contributed by atoms with Gasteiger partial charge in [0, 0.05) is 12.6 Å². The molecule has 0 radical (unpaired) electrons. The van der Waals surface area contributed by atoms with Crippen molar-refractivity contribution in [3.05, 3.63) is 35.9 Å². The van der Waals surface area contributed by atoms with Crippen molar-refractivity contribution in [2.24, 2.45) is 0 Å². The Balaban J connectivity index is 1.74. The highest BCUT2D eigenvalue weighted by atomic mass is 16.5. The summed E-state index contributed by atoms with van der Waals surface area (Å²) in [5.41, 5.74) is 0.857. The molecular formula is C16H21NO3. The highest BCUT2D eigenvalue weighted by Crippen LogP contribution is 2.14. The predicted molar refractivity (Wildman–Crippen MR) is 78.9 cm³/mol. The molecule has 1 aromatic carbocycles. The number of carboxylic acid groups (broad SMARTS) is 1. The second kappa shape index (κ2) is 7.70. The molecule has 1 heterocycles. The fraction of sp³-hybridized carbons (Fsp3) is 0.438. The molecular weight excluding hydrogens is 254 g/mol. The lowest BCUT2D eigenvalue weighted by molar-refractivity contribution is -0.131. The zero-order valence-corrected chi connectivity index (χ0v) is 11.6. The lowest BCUT2D eigenvalue weighted by atomic mass is 10.1. The topological polar surface area (TPSA) is 49.8 Å². The maximum absolute atomic E-state index is 10.4. The lowest BCUT2D eigenvalue weighted by Crippen LogP contribution is -2.33. The van der Waals surface area contributed by atoms with E-state index in [0.717, 1.165) is 23.9 Å². The molecule has 0 amide bonds. The Kier molecular flexibility index (Phi) is 5.62. The van der Waals surface area contributed by atoms with E-state index >= 15 is 0 Å². The summed E-state index contributed by atoms with van der Waals surface area (Å²) in [6.07, 6.45) is 6.64. The van der Waals surface area contributed by atoms with Crippen LogP contribution in [0.4, 0.5) is 0 Å². The van der Waals surface area contributed by atoms with Gasteiger partial charge in [0.25, 0.3) is 0 Å². The first-order valence-corrected chi connectivity index (χ1v) is 7.10. The predicted octanol–water partition coefficient (Wildman–Crippen LogP) is 2.65. The molecule has 1 N–H and O–H groups in total. The van der Waals surface area contributed by atoms with Gasteiger partial charge in [-0.15, -0.1) is 0 Å². The summed E-state index contributed by atoms with van der Waals surface area (Å²) in [4.78, 5) is 12.9. The third-order valence-corrected chi connectivity index (χ3v) is 3.42. The molecule has 4 heteroatoms. The van der Waals surface area contributed by atoms with Crippen LogP contribution < -0.4 is 4.74 Å². The fourth-order valence-corrected chi connectivity index (χ4v) is 2.32. The number of carbonyl (C=O) groups is 1. The SMILES string of the molecule is O=C(O)C=Cc1ccc(OCCN2CCCCC2)cc1. The Morgan fingerprint density at radius 2 is 1.90 bits per heavy atom. The second-order valence-electron chi connectivity index (χ2n) is 4.99. The number of likely N-dealkylation sites (tertiary alicyclic amines) is 1. The highest BCUT2D eigenvalue weighted by Gasteiger charge is 2.09. The standard InChI is InChI=1S/C16H21NO3/c18-16(19)9-6-14-4-7-15(8-5-14)20-13-12-17-10-2-1-3-11-17/h4-9H,1-3,10-13H2,(H,18,19). The zero-order chi connectivity index (χ0) is 14.2. The van der Waals surface area contributed by atoms with Crippen LogP contribution in [0.3, 0.4) is 0 Å². The van der Waals surface area contributed by atoms with Crippen LogP contribution in [0.2, 0.25) is 0 Å². The van der Waals surface area contributed by atoms with Crippen LogP contribution in [0.25, 0.3) is 6.08 Å². The van der Waals surface area contributed by atoms with Crippen molar-refractivity contribution in [2.75, 3.05) is 26.2 Å². The van der Waals surface area contributed by atoms with Crippen LogP contribution >= 0.6 is 0 Å². The molecule has 1 saturated heterocycles. The molecule has 0 unspecified atom stereocenters. The third kappa shape index (κ3) is 5.05. The van der Waals surface area contributed by atoms with Crippen molar-refractivity contribution in [1.82, 2.24) is 4.90 Å². The molecule has 1 aliphatic rings. The van der Waals surface area contributed by atoms with Crippen molar-refractivity contribution >= 4 is 12.0 Å². The van der Waals surface area contributed by atoms with Gasteiger partial charge >= 0.3 is 5.97 Å². The Hall–Kier alpha value is -1.81. The summed E-state index contributed by atoms with van der Waals surface area (Å²) >= 11 is 0. The number of benzene rings is 1. The van der Waals surface area contributed by atoms with E-state index in [1.807, 2.05) is 24.3 Å². The van der Waals surface area contributed by atoms with Crippen LogP contribution in [0.15, 0.2) is 30.3 Å². The van der Waals surface area contributed by atoms with E-state index in [2.05, 4.69) is 4.90 Å². The van der Waals surface area contributed by atoms with Crippen molar-refractivity contribution < 1.29 is 14.6 Å². The zero-order valence-electron chi connectivity index (χ0n) is 11.6. The third-order valence-electron chi connectivity index (χ3n) is 3.42. The Bertz CT molecular complexity index is 447. The van der Waals surface area contributed by atoms with E-state index in [4.69, 9.17) is 9.84 Å². The van der Waals surface area contributed by atoms with Gasteiger partial charge in [-0.2, -0.15) is 0 Å². The van der Waals surface area contributed by atoms with Crippen LogP contribution in [-0.4, -0.2) is 42.2 Å².